The van der Waals surface area contributed by atoms with Crippen LogP contribution in [0.1, 0.15) is 40.9 Å². The first-order valence-corrected chi connectivity index (χ1v) is 13.3. The minimum Gasteiger partial charge on any atom is -0.342 e. The summed E-state index contributed by atoms with van der Waals surface area (Å²) in [5, 5.41) is 15.7. The van der Waals surface area contributed by atoms with Gasteiger partial charge in [0.25, 0.3) is 5.91 Å². The molecule has 0 aliphatic carbocycles. The topological polar surface area (TPSA) is 102 Å². The third-order valence-corrected chi connectivity index (χ3v) is 7.46. The van der Waals surface area contributed by atoms with E-state index in [-0.39, 0.29) is 29.5 Å². The standard InChI is InChI=1S/C26H28N6O2S2/c1-16(2)21(28-24(34)19-13-9-6-10-14-19)23-30-31-26(32(23)4)35-15-20(33)27-25-29-22(17(3)36-25)18-11-7-5-8-12-18/h5-14,16,21H,15H2,1-4H3,(H,28,34)(H,27,29,33)/t21-/m0/s1. The normalized spacial score (nSPS) is 11.9. The summed E-state index contributed by atoms with van der Waals surface area (Å²) in [5.41, 5.74) is 2.48. The highest BCUT2D eigenvalue weighted by Gasteiger charge is 2.25. The molecular weight excluding hydrogens is 492 g/mol. The van der Waals surface area contributed by atoms with Crippen molar-refractivity contribution in [3.05, 3.63) is 76.9 Å². The molecule has 4 rings (SSSR count). The number of hydrogen-bond donors (Lipinski definition) is 2. The predicted molar refractivity (Wildman–Crippen MR) is 144 cm³/mol. The van der Waals surface area contributed by atoms with E-state index in [9.17, 15) is 9.59 Å². The lowest BCUT2D eigenvalue weighted by Crippen LogP contribution is -2.33. The molecule has 0 aliphatic rings. The smallest absolute Gasteiger partial charge is 0.251 e. The quantitative estimate of drug-likeness (QED) is 0.298. The van der Waals surface area contributed by atoms with Gasteiger partial charge in [-0.3, -0.25) is 9.59 Å². The van der Waals surface area contributed by atoms with Crippen LogP contribution in [0, 0.1) is 12.8 Å². The molecule has 0 aliphatic heterocycles. The molecule has 2 heterocycles. The Bertz CT molecular complexity index is 1340. The summed E-state index contributed by atoms with van der Waals surface area (Å²) in [4.78, 5) is 31.0. The maximum atomic E-state index is 12.7. The van der Waals surface area contributed by atoms with Gasteiger partial charge in [0.1, 0.15) is 0 Å². The van der Waals surface area contributed by atoms with Gasteiger partial charge in [0.15, 0.2) is 16.1 Å². The Hall–Kier alpha value is -3.50. The summed E-state index contributed by atoms with van der Waals surface area (Å²) < 4.78 is 1.83. The molecule has 2 N–H and O–H groups in total. The van der Waals surface area contributed by atoms with E-state index in [1.807, 2.05) is 80.9 Å². The molecule has 2 aromatic carbocycles. The van der Waals surface area contributed by atoms with E-state index in [2.05, 4.69) is 25.8 Å². The monoisotopic (exact) mass is 520 g/mol. The van der Waals surface area contributed by atoms with Crippen molar-refractivity contribution in [3.8, 4) is 11.3 Å². The highest BCUT2D eigenvalue weighted by Crippen LogP contribution is 2.30. The SMILES string of the molecule is Cc1sc(NC(=O)CSc2nnc([C@@H](NC(=O)c3ccccc3)C(C)C)n2C)nc1-c1ccccc1. The number of thiazole rings is 1. The maximum Gasteiger partial charge on any atom is 0.251 e. The number of hydrogen-bond acceptors (Lipinski definition) is 7. The Morgan fingerprint density at radius 2 is 1.69 bits per heavy atom. The van der Waals surface area contributed by atoms with Gasteiger partial charge in [-0.05, 0) is 25.0 Å². The maximum absolute atomic E-state index is 12.7. The second kappa shape index (κ2) is 11.5. The van der Waals surface area contributed by atoms with Crippen LogP contribution in [0.5, 0.6) is 0 Å². The molecule has 1 atom stereocenters. The number of aromatic nitrogens is 4. The van der Waals surface area contributed by atoms with Gasteiger partial charge in [-0.15, -0.1) is 21.5 Å². The molecular formula is C26H28N6O2S2. The molecule has 2 amide bonds. The first-order chi connectivity index (χ1) is 17.3. The van der Waals surface area contributed by atoms with Crippen molar-refractivity contribution in [1.82, 2.24) is 25.1 Å². The fourth-order valence-electron chi connectivity index (χ4n) is 3.67. The van der Waals surface area contributed by atoms with Crippen LogP contribution in [0.15, 0.2) is 65.8 Å². The average Bonchev–Trinajstić information content (AvgIpc) is 3.43. The summed E-state index contributed by atoms with van der Waals surface area (Å²) in [5.74, 6) is 0.553. The van der Waals surface area contributed by atoms with Crippen molar-refractivity contribution >= 4 is 40.0 Å². The fourth-order valence-corrected chi connectivity index (χ4v) is 5.24. The Labute approximate surface area is 218 Å². The van der Waals surface area contributed by atoms with E-state index in [0.717, 1.165) is 16.1 Å². The van der Waals surface area contributed by atoms with E-state index in [4.69, 9.17) is 0 Å². The van der Waals surface area contributed by atoms with Crippen LogP contribution in [0.2, 0.25) is 0 Å². The van der Waals surface area contributed by atoms with Crippen LogP contribution in [0.4, 0.5) is 5.13 Å². The van der Waals surface area contributed by atoms with Crippen LogP contribution in [0.3, 0.4) is 0 Å². The van der Waals surface area contributed by atoms with Crippen molar-refractivity contribution in [2.24, 2.45) is 13.0 Å². The fraction of sp³-hybridized carbons (Fsp3) is 0.269. The lowest BCUT2D eigenvalue weighted by molar-refractivity contribution is -0.113. The Balaban J connectivity index is 1.39. The van der Waals surface area contributed by atoms with Gasteiger partial charge in [0.2, 0.25) is 5.91 Å². The molecule has 186 valence electrons. The molecule has 0 fully saturated rings. The molecule has 8 nitrogen and oxygen atoms in total. The van der Waals surface area contributed by atoms with Crippen molar-refractivity contribution < 1.29 is 9.59 Å². The highest BCUT2D eigenvalue weighted by molar-refractivity contribution is 7.99. The van der Waals surface area contributed by atoms with Crippen LogP contribution < -0.4 is 10.6 Å². The first-order valence-electron chi connectivity index (χ1n) is 11.5. The zero-order chi connectivity index (χ0) is 25.7. The average molecular weight is 521 g/mol. The number of anilines is 1. The molecule has 2 aromatic heterocycles. The van der Waals surface area contributed by atoms with Crippen molar-refractivity contribution in [2.45, 2.75) is 32.0 Å². The van der Waals surface area contributed by atoms with Gasteiger partial charge in [0, 0.05) is 23.1 Å². The number of carbonyl (C=O) groups is 2. The van der Waals surface area contributed by atoms with E-state index < -0.39 is 0 Å². The minimum atomic E-state index is -0.326. The van der Waals surface area contributed by atoms with Crippen molar-refractivity contribution in [1.29, 1.82) is 0 Å². The van der Waals surface area contributed by atoms with Crippen LogP contribution in [0.25, 0.3) is 11.3 Å². The van der Waals surface area contributed by atoms with Gasteiger partial charge in [0.05, 0.1) is 17.5 Å². The molecule has 0 bridgehead atoms. The Morgan fingerprint density at radius 3 is 2.36 bits per heavy atom. The third kappa shape index (κ3) is 6.00. The number of nitrogens with one attached hydrogen (secondary N) is 2. The largest absolute Gasteiger partial charge is 0.342 e. The number of nitrogens with zero attached hydrogens (tertiary/aromatic N) is 4. The Kier molecular flexibility index (Phi) is 8.17. The third-order valence-electron chi connectivity index (χ3n) is 5.56. The number of thioether (sulfide) groups is 1. The molecule has 0 unspecified atom stereocenters. The lowest BCUT2D eigenvalue weighted by Gasteiger charge is -2.21. The summed E-state index contributed by atoms with van der Waals surface area (Å²) in [7, 11) is 1.84. The second-order valence-corrected chi connectivity index (χ2v) is 10.7. The zero-order valence-corrected chi connectivity index (χ0v) is 22.2. The van der Waals surface area contributed by atoms with Crippen molar-refractivity contribution in [2.75, 3.05) is 11.1 Å². The highest BCUT2D eigenvalue weighted by atomic mass is 32.2. The first kappa shape index (κ1) is 25.6. The van der Waals surface area contributed by atoms with Gasteiger partial charge in [-0.1, -0.05) is 74.1 Å². The van der Waals surface area contributed by atoms with E-state index in [1.165, 1.54) is 23.1 Å². The van der Waals surface area contributed by atoms with Gasteiger partial charge in [-0.25, -0.2) is 4.98 Å². The lowest BCUT2D eigenvalue weighted by atomic mass is 10.0. The van der Waals surface area contributed by atoms with Crippen LogP contribution in [-0.2, 0) is 11.8 Å². The van der Waals surface area contributed by atoms with Crippen LogP contribution >= 0.6 is 23.1 Å². The van der Waals surface area contributed by atoms with Gasteiger partial charge in [-0.2, -0.15) is 0 Å². The second-order valence-electron chi connectivity index (χ2n) is 8.59. The summed E-state index contributed by atoms with van der Waals surface area (Å²) in [6, 6.07) is 18.7. The number of rotatable bonds is 9. The van der Waals surface area contributed by atoms with Crippen molar-refractivity contribution in [3.63, 3.8) is 0 Å². The van der Waals surface area contributed by atoms with Gasteiger partial charge < -0.3 is 15.2 Å². The number of amides is 2. The van der Waals surface area contributed by atoms with E-state index >= 15 is 0 Å². The summed E-state index contributed by atoms with van der Waals surface area (Å²) in [6.45, 7) is 6.03. The molecule has 0 saturated heterocycles. The molecule has 36 heavy (non-hydrogen) atoms. The number of carbonyl (C=O) groups excluding carboxylic acids is 2. The zero-order valence-electron chi connectivity index (χ0n) is 20.6. The van der Waals surface area contributed by atoms with Crippen LogP contribution in [-0.4, -0.2) is 37.3 Å². The molecule has 10 heteroatoms. The molecule has 0 saturated carbocycles. The summed E-state index contributed by atoms with van der Waals surface area (Å²) in [6.07, 6.45) is 0. The number of aryl methyl sites for hydroxylation is 1. The molecule has 4 aromatic rings. The minimum absolute atomic E-state index is 0.0914. The molecule has 0 radical (unpaired) electrons. The predicted octanol–water partition coefficient (Wildman–Crippen LogP) is 5.10. The molecule has 0 spiro atoms. The van der Waals surface area contributed by atoms with Gasteiger partial charge >= 0.3 is 0 Å². The van der Waals surface area contributed by atoms with E-state index in [0.29, 0.717) is 21.7 Å². The number of benzene rings is 2. The van der Waals surface area contributed by atoms with E-state index in [1.54, 1.807) is 12.1 Å². The Morgan fingerprint density at radius 1 is 1.03 bits per heavy atom. The summed E-state index contributed by atoms with van der Waals surface area (Å²) >= 11 is 2.74.